The fraction of sp³-hybridized carbons (Fsp3) is 0.389. The molecule has 1 aliphatic heterocycles. The minimum absolute atomic E-state index is 0.0965. The number of aromatic carboxylic acids is 1. The number of amides is 1. The maximum absolute atomic E-state index is 12.6. The van der Waals surface area contributed by atoms with Crippen LogP contribution in [0, 0.1) is 0 Å². The number of rotatable bonds is 4. The summed E-state index contributed by atoms with van der Waals surface area (Å²) in [5.74, 6) is -0.684. The Morgan fingerprint density at radius 3 is 2.58 bits per heavy atom. The van der Waals surface area contributed by atoms with Gasteiger partial charge in [-0.1, -0.05) is 6.07 Å². The van der Waals surface area contributed by atoms with Crippen molar-refractivity contribution in [2.24, 2.45) is 0 Å². The first-order chi connectivity index (χ1) is 11.6. The van der Waals surface area contributed by atoms with Crippen LogP contribution in [-0.2, 0) is 6.54 Å². The quantitative estimate of drug-likeness (QED) is 0.936. The number of piperidine rings is 1. The molecule has 0 radical (unpaired) electrons. The number of likely N-dealkylation sites (tertiary alicyclic amines) is 1. The van der Waals surface area contributed by atoms with Crippen molar-refractivity contribution in [1.29, 1.82) is 0 Å². The van der Waals surface area contributed by atoms with Crippen LogP contribution in [0.3, 0.4) is 0 Å². The SMILES string of the molecule is CCn1cc(C2CCN(C(=O)c3cccc(C(=O)O)c3)CC2)cn1. The molecule has 2 heterocycles. The Morgan fingerprint density at radius 2 is 1.96 bits per heavy atom. The molecule has 6 nitrogen and oxygen atoms in total. The first kappa shape index (κ1) is 16.2. The summed E-state index contributed by atoms with van der Waals surface area (Å²) in [5.41, 5.74) is 1.81. The normalized spacial score (nSPS) is 15.5. The van der Waals surface area contributed by atoms with Gasteiger partial charge in [0.05, 0.1) is 11.8 Å². The molecule has 1 saturated heterocycles. The Morgan fingerprint density at radius 1 is 1.25 bits per heavy atom. The van der Waals surface area contributed by atoms with E-state index in [1.165, 1.54) is 17.7 Å². The lowest BCUT2D eigenvalue weighted by molar-refractivity contribution is 0.0697. The number of carbonyl (C=O) groups is 2. The second-order valence-corrected chi connectivity index (χ2v) is 6.08. The minimum Gasteiger partial charge on any atom is -0.478 e. The van der Waals surface area contributed by atoms with Gasteiger partial charge in [0.1, 0.15) is 0 Å². The van der Waals surface area contributed by atoms with E-state index in [1.54, 1.807) is 12.1 Å². The predicted octanol–water partition coefficient (Wildman–Crippen LogP) is 2.62. The molecule has 1 aromatic carbocycles. The molecule has 0 bridgehead atoms. The number of carboxylic acids is 1. The highest BCUT2D eigenvalue weighted by Gasteiger charge is 2.25. The largest absolute Gasteiger partial charge is 0.478 e. The van der Waals surface area contributed by atoms with Gasteiger partial charge < -0.3 is 10.0 Å². The van der Waals surface area contributed by atoms with Crippen molar-refractivity contribution in [1.82, 2.24) is 14.7 Å². The van der Waals surface area contributed by atoms with E-state index in [9.17, 15) is 9.59 Å². The summed E-state index contributed by atoms with van der Waals surface area (Å²) in [5, 5.41) is 13.4. The lowest BCUT2D eigenvalue weighted by Gasteiger charge is -2.31. The average molecular weight is 327 g/mol. The number of carbonyl (C=O) groups excluding carboxylic acids is 1. The molecular formula is C18H21N3O3. The molecule has 0 aliphatic carbocycles. The van der Waals surface area contributed by atoms with E-state index >= 15 is 0 Å². The van der Waals surface area contributed by atoms with E-state index in [2.05, 4.69) is 18.2 Å². The van der Waals surface area contributed by atoms with Crippen molar-refractivity contribution in [2.75, 3.05) is 13.1 Å². The Bertz CT molecular complexity index is 745. The standard InChI is InChI=1S/C18H21N3O3/c1-2-21-12-16(11-19-21)13-6-8-20(9-7-13)17(22)14-4-3-5-15(10-14)18(23)24/h3-5,10-13H,2,6-9H2,1H3,(H,23,24). The first-order valence-corrected chi connectivity index (χ1v) is 8.23. The highest BCUT2D eigenvalue weighted by atomic mass is 16.4. The summed E-state index contributed by atoms with van der Waals surface area (Å²) < 4.78 is 1.92. The summed E-state index contributed by atoms with van der Waals surface area (Å²) in [6.45, 7) is 4.27. The summed E-state index contributed by atoms with van der Waals surface area (Å²) in [6.07, 6.45) is 5.81. The van der Waals surface area contributed by atoms with E-state index in [0.29, 0.717) is 24.6 Å². The molecule has 1 aliphatic rings. The van der Waals surface area contributed by atoms with Crippen LogP contribution in [0.5, 0.6) is 0 Å². The van der Waals surface area contributed by atoms with Crippen LogP contribution in [0.4, 0.5) is 0 Å². The number of hydrogen-bond donors (Lipinski definition) is 1. The van der Waals surface area contributed by atoms with Crippen LogP contribution in [0.1, 0.15) is 52.0 Å². The van der Waals surface area contributed by atoms with E-state index < -0.39 is 5.97 Å². The van der Waals surface area contributed by atoms with Gasteiger partial charge in [-0.15, -0.1) is 0 Å². The van der Waals surface area contributed by atoms with Crippen molar-refractivity contribution >= 4 is 11.9 Å². The topological polar surface area (TPSA) is 75.4 Å². The lowest BCUT2D eigenvalue weighted by atomic mass is 9.91. The Balaban J connectivity index is 1.64. The van der Waals surface area contributed by atoms with Crippen LogP contribution in [0.25, 0.3) is 0 Å². The molecular weight excluding hydrogens is 306 g/mol. The molecule has 24 heavy (non-hydrogen) atoms. The van der Waals surface area contributed by atoms with E-state index in [1.807, 2.05) is 15.8 Å². The maximum atomic E-state index is 12.6. The summed E-state index contributed by atoms with van der Waals surface area (Å²) >= 11 is 0. The zero-order valence-corrected chi connectivity index (χ0v) is 13.7. The monoisotopic (exact) mass is 327 g/mol. The second kappa shape index (κ2) is 6.86. The summed E-state index contributed by atoms with van der Waals surface area (Å²) in [4.78, 5) is 25.4. The number of aromatic nitrogens is 2. The van der Waals surface area contributed by atoms with Crippen LogP contribution in [-0.4, -0.2) is 44.8 Å². The van der Waals surface area contributed by atoms with Crippen molar-refractivity contribution < 1.29 is 14.7 Å². The maximum Gasteiger partial charge on any atom is 0.335 e. The number of hydrogen-bond acceptors (Lipinski definition) is 3. The zero-order chi connectivity index (χ0) is 17.1. The van der Waals surface area contributed by atoms with E-state index in [4.69, 9.17) is 5.11 Å². The molecule has 2 aromatic rings. The van der Waals surface area contributed by atoms with Crippen molar-refractivity contribution in [3.63, 3.8) is 0 Å². The minimum atomic E-state index is -1.02. The average Bonchev–Trinajstić information content (AvgIpc) is 3.10. The Labute approximate surface area is 140 Å². The third-order valence-electron chi connectivity index (χ3n) is 4.59. The lowest BCUT2D eigenvalue weighted by Crippen LogP contribution is -2.37. The molecule has 126 valence electrons. The van der Waals surface area contributed by atoms with Gasteiger partial charge in [-0.3, -0.25) is 9.48 Å². The summed E-state index contributed by atoms with van der Waals surface area (Å²) in [6, 6.07) is 6.23. The Hall–Kier alpha value is -2.63. The van der Waals surface area contributed by atoms with Crippen LogP contribution < -0.4 is 0 Å². The molecule has 0 spiro atoms. The highest BCUT2D eigenvalue weighted by molar-refractivity contribution is 5.97. The van der Waals surface area contributed by atoms with Gasteiger partial charge >= 0.3 is 5.97 Å². The summed E-state index contributed by atoms with van der Waals surface area (Å²) in [7, 11) is 0. The number of carboxylic acid groups (broad SMARTS) is 1. The van der Waals surface area contributed by atoms with Crippen molar-refractivity contribution in [3.05, 3.63) is 53.3 Å². The van der Waals surface area contributed by atoms with Crippen LogP contribution >= 0.6 is 0 Å². The number of benzene rings is 1. The van der Waals surface area contributed by atoms with Gasteiger partial charge in [-0.2, -0.15) is 5.10 Å². The molecule has 6 heteroatoms. The van der Waals surface area contributed by atoms with Gasteiger partial charge in [-0.05, 0) is 49.4 Å². The van der Waals surface area contributed by atoms with E-state index in [-0.39, 0.29) is 11.5 Å². The molecule has 0 unspecified atom stereocenters. The van der Waals surface area contributed by atoms with Gasteiger partial charge in [0.15, 0.2) is 0 Å². The zero-order valence-electron chi connectivity index (χ0n) is 13.7. The predicted molar refractivity (Wildman–Crippen MR) is 89.2 cm³/mol. The fourth-order valence-corrected chi connectivity index (χ4v) is 3.15. The van der Waals surface area contributed by atoms with Crippen molar-refractivity contribution in [3.8, 4) is 0 Å². The molecule has 0 atom stereocenters. The van der Waals surface area contributed by atoms with Crippen LogP contribution in [0.15, 0.2) is 36.7 Å². The molecule has 1 aromatic heterocycles. The Kier molecular flexibility index (Phi) is 4.64. The number of aryl methyl sites for hydroxylation is 1. The highest BCUT2D eigenvalue weighted by Crippen LogP contribution is 2.28. The molecule has 3 rings (SSSR count). The number of nitrogens with zero attached hydrogens (tertiary/aromatic N) is 3. The molecule has 1 N–H and O–H groups in total. The molecule has 1 fully saturated rings. The van der Waals surface area contributed by atoms with Gasteiger partial charge in [0.25, 0.3) is 5.91 Å². The first-order valence-electron chi connectivity index (χ1n) is 8.23. The third-order valence-corrected chi connectivity index (χ3v) is 4.59. The van der Waals surface area contributed by atoms with Gasteiger partial charge in [0, 0.05) is 31.4 Å². The van der Waals surface area contributed by atoms with Crippen molar-refractivity contribution in [2.45, 2.75) is 32.2 Å². The molecule has 1 amide bonds. The van der Waals surface area contributed by atoms with Gasteiger partial charge in [-0.25, -0.2) is 4.79 Å². The third kappa shape index (κ3) is 3.32. The fourth-order valence-electron chi connectivity index (χ4n) is 3.15. The second-order valence-electron chi connectivity index (χ2n) is 6.08. The van der Waals surface area contributed by atoms with E-state index in [0.717, 1.165) is 19.4 Å². The van der Waals surface area contributed by atoms with Crippen LogP contribution in [0.2, 0.25) is 0 Å². The smallest absolute Gasteiger partial charge is 0.335 e. The van der Waals surface area contributed by atoms with Gasteiger partial charge in [0.2, 0.25) is 0 Å². The molecule has 0 saturated carbocycles.